The van der Waals surface area contributed by atoms with E-state index in [1.807, 2.05) is 32.9 Å². The standard InChI is InChI=1S/C17H21N5O2/c1-11-7-12(2)22(21-11)16-9-18-8-15(20-16)19-10-17(4,23)14-6-5-13(3)24-14/h5-9,23H,10H2,1-4H3,(H,19,20). The molecule has 1 atom stereocenters. The summed E-state index contributed by atoms with van der Waals surface area (Å²) in [7, 11) is 0. The fourth-order valence-electron chi connectivity index (χ4n) is 2.48. The number of anilines is 1. The molecular weight excluding hydrogens is 306 g/mol. The van der Waals surface area contributed by atoms with Crippen molar-refractivity contribution in [3.8, 4) is 5.82 Å². The highest BCUT2D eigenvalue weighted by Gasteiger charge is 2.26. The highest BCUT2D eigenvalue weighted by Crippen LogP contribution is 2.23. The van der Waals surface area contributed by atoms with Crippen LogP contribution in [0.4, 0.5) is 5.82 Å². The summed E-state index contributed by atoms with van der Waals surface area (Å²) in [5.74, 6) is 2.45. The first-order valence-corrected chi connectivity index (χ1v) is 7.74. The molecule has 7 heteroatoms. The maximum Gasteiger partial charge on any atom is 0.174 e. The van der Waals surface area contributed by atoms with Gasteiger partial charge in [0.2, 0.25) is 0 Å². The van der Waals surface area contributed by atoms with E-state index in [-0.39, 0.29) is 6.54 Å². The molecule has 0 aliphatic carbocycles. The smallest absolute Gasteiger partial charge is 0.174 e. The summed E-state index contributed by atoms with van der Waals surface area (Å²) in [6.45, 7) is 7.68. The third kappa shape index (κ3) is 3.30. The highest BCUT2D eigenvalue weighted by molar-refractivity contribution is 5.37. The van der Waals surface area contributed by atoms with Crippen molar-refractivity contribution in [1.82, 2.24) is 19.7 Å². The van der Waals surface area contributed by atoms with E-state index in [0.717, 1.165) is 17.1 Å². The first-order valence-electron chi connectivity index (χ1n) is 7.74. The van der Waals surface area contributed by atoms with Gasteiger partial charge in [0.05, 0.1) is 24.6 Å². The number of hydrogen-bond acceptors (Lipinski definition) is 6. The second-order valence-corrected chi connectivity index (χ2v) is 6.14. The molecule has 0 fully saturated rings. The van der Waals surface area contributed by atoms with Crippen molar-refractivity contribution in [1.29, 1.82) is 0 Å². The molecule has 0 aliphatic heterocycles. The Labute approximate surface area is 140 Å². The van der Waals surface area contributed by atoms with Crippen molar-refractivity contribution < 1.29 is 9.52 Å². The van der Waals surface area contributed by atoms with Crippen LogP contribution in [0.1, 0.15) is 29.8 Å². The van der Waals surface area contributed by atoms with E-state index in [2.05, 4.69) is 20.4 Å². The molecule has 24 heavy (non-hydrogen) atoms. The van der Waals surface area contributed by atoms with Crippen molar-refractivity contribution in [2.45, 2.75) is 33.3 Å². The van der Waals surface area contributed by atoms with Gasteiger partial charge in [-0.3, -0.25) is 4.98 Å². The molecular formula is C17H21N5O2. The van der Waals surface area contributed by atoms with E-state index in [1.54, 1.807) is 30.1 Å². The molecule has 0 bridgehead atoms. The van der Waals surface area contributed by atoms with Gasteiger partial charge in [-0.05, 0) is 45.9 Å². The lowest BCUT2D eigenvalue weighted by Crippen LogP contribution is -2.30. The van der Waals surface area contributed by atoms with Gasteiger partial charge in [0, 0.05) is 5.69 Å². The van der Waals surface area contributed by atoms with Crippen molar-refractivity contribution in [3.63, 3.8) is 0 Å². The van der Waals surface area contributed by atoms with E-state index >= 15 is 0 Å². The zero-order valence-corrected chi connectivity index (χ0v) is 14.2. The monoisotopic (exact) mass is 327 g/mol. The molecule has 0 spiro atoms. The number of nitrogens with zero attached hydrogens (tertiary/aromatic N) is 4. The molecule has 0 amide bonds. The van der Waals surface area contributed by atoms with Gasteiger partial charge in [-0.1, -0.05) is 0 Å². The lowest BCUT2D eigenvalue weighted by Gasteiger charge is -2.21. The van der Waals surface area contributed by atoms with Gasteiger partial charge in [-0.2, -0.15) is 5.10 Å². The van der Waals surface area contributed by atoms with Gasteiger partial charge in [0.25, 0.3) is 0 Å². The van der Waals surface area contributed by atoms with E-state index in [9.17, 15) is 5.11 Å². The number of aryl methyl sites for hydroxylation is 3. The van der Waals surface area contributed by atoms with Gasteiger partial charge < -0.3 is 14.8 Å². The number of aliphatic hydroxyl groups is 1. The lowest BCUT2D eigenvalue weighted by atomic mass is 10.0. The van der Waals surface area contributed by atoms with Gasteiger partial charge in [-0.15, -0.1) is 0 Å². The summed E-state index contributed by atoms with van der Waals surface area (Å²) in [5.41, 5.74) is 0.755. The molecule has 7 nitrogen and oxygen atoms in total. The van der Waals surface area contributed by atoms with Gasteiger partial charge in [0.1, 0.15) is 22.9 Å². The molecule has 0 saturated heterocycles. The predicted molar refractivity (Wildman–Crippen MR) is 90.1 cm³/mol. The summed E-state index contributed by atoms with van der Waals surface area (Å²) < 4.78 is 7.25. The van der Waals surface area contributed by atoms with Crippen molar-refractivity contribution in [2.75, 3.05) is 11.9 Å². The average molecular weight is 327 g/mol. The third-order valence-corrected chi connectivity index (χ3v) is 3.73. The Bertz CT molecular complexity index is 850. The normalized spacial score (nSPS) is 13.7. The molecule has 0 radical (unpaired) electrons. The largest absolute Gasteiger partial charge is 0.463 e. The van der Waals surface area contributed by atoms with Crippen LogP contribution in [0.5, 0.6) is 0 Å². The second kappa shape index (κ2) is 6.09. The number of rotatable bonds is 5. The van der Waals surface area contributed by atoms with Gasteiger partial charge >= 0.3 is 0 Å². The Morgan fingerprint density at radius 3 is 2.67 bits per heavy atom. The Morgan fingerprint density at radius 1 is 1.25 bits per heavy atom. The minimum absolute atomic E-state index is 0.245. The van der Waals surface area contributed by atoms with Crippen molar-refractivity contribution >= 4 is 5.82 Å². The van der Waals surface area contributed by atoms with Crippen LogP contribution >= 0.6 is 0 Å². The first kappa shape index (κ1) is 16.2. The van der Waals surface area contributed by atoms with Crippen LogP contribution in [0, 0.1) is 20.8 Å². The second-order valence-electron chi connectivity index (χ2n) is 6.14. The quantitative estimate of drug-likeness (QED) is 0.748. The summed E-state index contributed by atoms with van der Waals surface area (Å²) in [4.78, 5) is 8.70. The van der Waals surface area contributed by atoms with E-state index < -0.39 is 5.60 Å². The molecule has 0 saturated carbocycles. The molecule has 3 aromatic heterocycles. The fraction of sp³-hybridized carbons (Fsp3) is 0.353. The number of aromatic nitrogens is 4. The van der Waals surface area contributed by atoms with Crippen LogP contribution in [-0.4, -0.2) is 31.4 Å². The average Bonchev–Trinajstić information content (AvgIpc) is 3.11. The Balaban J connectivity index is 1.77. The zero-order valence-electron chi connectivity index (χ0n) is 14.2. The van der Waals surface area contributed by atoms with E-state index in [0.29, 0.717) is 17.4 Å². The Kier molecular flexibility index (Phi) is 4.11. The minimum atomic E-state index is -1.15. The van der Waals surface area contributed by atoms with Crippen LogP contribution in [0.25, 0.3) is 5.82 Å². The molecule has 3 heterocycles. The Hall–Kier alpha value is -2.67. The van der Waals surface area contributed by atoms with Gasteiger partial charge in [0.15, 0.2) is 5.82 Å². The summed E-state index contributed by atoms with van der Waals surface area (Å²) in [6.07, 6.45) is 3.26. The highest BCUT2D eigenvalue weighted by atomic mass is 16.4. The SMILES string of the molecule is Cc1cc(C)n(-c2cncc(NCC(C)(O)c3ccc(C)o3)n2)n1. The molecule has 3 rings (SSSR count). The topological polar surface area (TPSA) is 89.0 Å². The van der Waals surface area contributed by atoms with E-state index in [4.69, 9.17) is 4.42 Å². The maximum absolute atomic E-state index is 10.6. The number of furan rings is 1. The summed E-state index contributed by atoms with van der Waals surface area (Å²) in [5, 5.41) is 18.1. The van der Waals surface area contributed by atoms with Gasteiger partial charge in [-0.25, -0.2) is 9.67 Å². The predicted octanol–water partition coefficient (Wildman–Crippen LogP) is 2.50. The van der Waals surface area contributed by atoms with Crippen LogP contribution in [0.3, 0.4) is 0 Å². The summed E-state index contributed by atoms with van der Waals surface area (Å²) in [6, 6.07) is 5.58. The number of nitrogens with one attached hydrogen (secondary N) is 1. The molecule has 0 aliphatic rings. The van der Waals surface area contributed by atoms with Crippen LogP contribution in [0.15, 0.2) is 35.0 Å². The van der Waals surface area contributed by atoms with E-state index in [1.165, 1.54) is 0 Å². The van der Waals surface area contributed by atoms with Crippen LogP contribution in [0.2, 0.25) is 0 Å². The Morgan fingerprint density at radius 2 is 2.04 bits per heavy atom. The lowest BCUT2D eigenvalue weighted by molar-refractivity contribution is 0.0467. The molecule has 0 aromatic carbocycles. The van der Waals surface area contributed by atoms with Crippen molar-refractivity contribution in [3.05, 3.63) is 53.5 Å². The van der Waals surface area contributed by atoms with Crippen LogP contribution < -0.4 is 5.32 Å². The molecule has 3 aromatic rings. The molecule has 2 N–H and O–H groups in total. The fourth-order valence-corrected chi connectivity index (χ4v) is 2.48. The zero-order chi connectivity index (χ0) is 17.3. The first-order chi connectivity index (χ1) is 11.3. The summed E-state index contributed by atoms with van der Waals surface area (Å²) >= 11 is 0. The van der Waals surface area contributed by atoms with Crippen LogP contribution in [-0.2, 0) is 5.60 Å². The number of hydrogen-bond donors (Lipinski definition) is 2. The van der Waals surface area contributed by atoms with Crippen molar-refractivity contribution in [2.24, 2.45) is 0 Å². The molecule has 126 valence electrons. The third-order valence-electron chi connectivity index (χ3n) is 3.73. The minimum Gasteiger partial charge on any atom is -0.463 e. The maximum atomic E-state index is 10.6. The molecule has 1 unspecified atom stereocenters.